The summed E-state index contributed by atoms with van der Waals surface area (Å²) < 4.78 is 13.2. The zero-order valence-corrected chi connectivity index (χ0v) is 15.1. The Morgan fingerprint density at radius 2 is 1.78 bits per heavy atom. The van der Waals surface area contributed by atoms with E-state index < -0.39 is 0 Å². The highest BCUT2D eigenvalue weighted by molar-refractivity contribution is 6.08. The van der Waals surface area contributed by atoms with E-state index in [4.69, 9.17) is 0 Å². The molecule has 0 unspecified atom stereocenters. The van der Waals surface area contributed by atoms with Gasteiger partial charge in [-0.1, -0.05) is 29.8 Å². The van der Waals surface area contributed by atoms with Gasteiger partial charge >= 0.3 is 0 Å². The summed E-state index contributed by atoms with van der Waals surface area (Å²) in [5.74, 6) is 0.301. The molecule has 0 N–H and O–H groups in total. The lowest BCUT2D eigenvalue weighted by Gasteiger charge is -2.36. The van der Waals surface area contributed by atoms with Crippen molar-refractivity contribution in [2.45, 2.75) is 13.5 Å². The topological polar surface area (TPSA) is 36.4 Å². The number of hydrogen-bond acceptors (Lipinski definition) is 3. The van der Waals surface area contributed by atoms with Gasteiger partial charge in [-0.2, -0.15) is 0 Å². The van der Waals surface area contributed by atoms with E-state index >= 15 is 0 Å². The summed E-state index contributed by atoms with van der Waals surface area (Å²) >= 11 is 0. The van der Waals surface area contributed by atoms with Crippen molar-refractivity contribution in [3.8, 4) is 0 Å². The number of aryl methyl sites for hydroxylation is 1. The lowest BCUT2D eigenvalue weighted by atomic mass is 10.1. The quantitative estimate of drug-likeness (QED) is 0.702. The Balaban J connectivity index is 1.62. The van der Waals surface area contributed by atoms with Crippen molar-refractivity contribution in [1.29, 1.82) is 0 Å². The standard InChI is InChI=1S/C22H20FN3O/c1-16-4-6-17(7-5-16)15-25-13-14-26(20-3-2-12-24-21(20)25)22(27)18-8-10-19(23)11-9-18/h2-12H,13-15H2,1H3. The molecule has 2 heterocycles. The zero-order chi connectivity index (χ0) is 18.8. The maximum Gasteiger partial charge on any atom is 0.258 e. The van der Waals surface area contributed by atoms with Gasteiger partial charge in [0, 0.05) is 31.4 Å². The number of aromatic nitrogens is 1. The number of nitrogens with zero attached hydrogens (tertiary/aromatic N) is 3. The Morgan fingerprint density at radius 3 is 2.52 bits per heavy atom. The molecule has 0 atom stereocenters. The van der Waals surface area contributed by atoms with Crippen LogP contribution in [-0.2, 0) is 6.54 Å². The Hall–Kier alpha value is -3.21. The monoisotopic (exact) mass is 361 g/mol. The molecule has 0 bridgehead atoms. The number of benzene rings is 2. The summed E-state index contributed by atoms with van der Waals surface area (Å²) in [5, 5.41) is 0. The molecule has 0 saturated heterocycles. The van der Waals surface area contributed by atoms with E-state index in [2.05, 4.69) is 41.1 Å². The molecule has 0 spiro atoms. The molecule has 4 rings (SSSR count). The number of amides is 1. The molecule has 1 amide bonds. The van der Waals surface area contributed by atoms with Crippen molar-refractivity contribution >= 4 is 17.4 Å². The van der Waals surface area contributed by atoms with Crippen LogP contribution in [0.5, 0.6) is 0 Å². The predicted molar refractivity (Wildman–Crippen MR) is 105 cm³/mol. The largest absolute Gasteiger partial charge is 0.349 e. The van der Waals surface area contributed by atoms with E-state index in [0.717, 1.165) is 18.1 Å². The van der Waals surface area contributed by atoms with Crippen LogP contribution in [0.2, 0.25) is 0 Å². The van der Waals surface area contributed by atoms with Crippen LogP contribution in [0, 0.1) is 12.7 Å². The molecule has 4 nitrogen and oxygen atoms in total. The second kappa shape index (κ2) is 7.19. The minimum absolute atomic E-state index is 0.140. The Labute approximate surface area is 157 Å². The Kier molecular flexibility index (Phi) is 4.59. The van der Waals surface area contributed by atoms with Gasteiger partial charge in [-0.3, -0.25) is 4.79 Å². The molecule has 5 heteroatoms. The molecular formula is C22H20FN3O. The molecule has 1 aliphatic rings. The average molecular weight is 361 g/mol. The lowest BCUT2D eigenvalue weighted by Crippen LogP contribution is -2.44. The second-order valence-electron chi connectivity index (χ2n) is 6.72. The smallest absolute Gasteiger partial charge is 0.258 e. The van der Waals surface area contributed by atoms with Crippen molar-refractivity contribution in [3.63, 3.8) is 0 Å². The van der Waals surface area contributed by atoms with Gasteiger partial charge in [0.1, 0.15) is 5.82 Å². The third-order valence-electron chi connectivity index (χ3n) is 4.78. The van der Waals surface area contributed by atoms with Crippen LogP contribution in [0.4, 0.5) is 15.9 Å². The van der Waals surface area contributed by atoms with Gasteiger partial charge in [0.25, 0.3) is 5.91 Å². The molecule has 0 radical (unpaired) electrons. The number of rotatable bonds is 3. The van der Waals surface area contributed by atoms with Gasteiger partial charge in [0.15, 0.2) is 5.82 Å². The lowest BCUT2D eigenvalue weighted by molar-refractivity contribution is 0.0986. The van der Waals surface area contributed by atoms with Crippen LogP contribution in [0.1, 0.15) is 21.5 Å². The fraction of sp³-hybridized carbons (Fsp3) is 0.182. The molecule has 0 fully saturated rings. The Bertz CT molecular complexity index is 954. The minimum Gasteiger partial charge on any atom is -0.349 e. The summed E-state index contributed by atoms with van der Waals surface area (Å²) in [6, 6.07) is 17.8. The second-order valence-corrected chi connectivity index (χ2v) is 6.72. The number of carbonyl (C=O) groups is 1. The first kappa shape index (κ1) is 17.2. The number of fused-ring (bicyclic) bond motifs is 1. The van der Waals surface area contributed by atoms with E-state index in [1.54, 1.807) is 11.1 Å². The first-order valence-corrected chi connectivity index (χ1v) is 8.95. The van der Waals surface area contributed by atoms with Crippen LogP contribution in [0.3, 0.4) is 0 Å². The molecule has 27 heavy (non-hydrogen) atoms. The highest BCUT2D eigenvalue weighted by atomic mass is 19.1. The van der Waals surface area contributed by atoms with E-state index in [9.17, 15) is 9.18 Å². The third-order valence-corrected chi connectivity index (χ3v) is 4.78. The fourth-order valence-electron chi connectivity index (χ4n) is 3.32. The van der Waals surface area contributed by atoms with Gasteiger partial charge in [-0.05, 0) is 48.9 Å². The van der Waals surface area contributed by atoms with Gasteiger partial charge in [-0.25, -0.2) is 9.37 Å². The Morgan fingerprint density at radius 1 is 1.04 bits per heavy atom. The van der Waals surface area contributed by atoms with E-state index in [1.165, 1.54) is 35.4 Å². The maximum absolute atomic E-state index is 13.2. The van der Waals surface area contributed by atoms with Crippen molar-refractivity contribution in [2.75, 3.05) is 22.9 Å². The van der Waals surface area contributed by atoms with Gasteiger partial charge in [0.05, 0.1) is 5.69 Å². The van der Waals surface area contributed by atoms with E-state index in [0.29, 0.717) is 18.7 Å². The number of pyridine rings is 1. The molecule has 1 aromatic heterocycles. The highest BCUT2D eigenvalue weighted by Gasteiger charge is 2.28. The maximum atomic E-state index is 13.2. The predicted octanol–water partition coefficient (Wildman–Crippen LogP) is 4.20. The fourth-order valence-corrected chi connectivity index (χ4v) is 3.32. The minimum atomic E-state index is -0.350. The number of halogens is 1. The van der Waals surface area contributed by atoms with Crippen molar-refractivity contribution in [2.24, 2.45) is 0 Å². The number of carbonyl (C=O) groups excluding carboxylic acids is 1. The molecule has 1 aliphatic heterocycles. The molecule has 3 aromatic rings. The van der Waals surface area contributed by atoms with Crippen LogP contribution < -0.4 is 9.80 Å². The number of hydrogen-bond donors (Lipinski definition) is 0. The third kappa shape index (κ3) is 3.53. The summed E-state index contributed by atoms with van der Waals surface area (Å²) in [7, 11) is 0. The van der Waals surface area contributed by atoms with Gasteiger partial charge in [-0.15, -0.1) is 0 Å². The van der Waals surface area contributed by atoms with Gasteiger partial charge in [0.2, 0.25) is 0 Å². The van der Waals surface area contributed by atoms with Crippen LogP contribution >= 0.6 is 0 Å². The van der Waals surface area contributed by atoms with Crippen molar-refractivity contribution in [3.05, 3.63) is 89.4 Å². The van der Waals surface area contributed by atoms with E-state index in [1.807, 2.05) is 12.1 Å². The number of anilines is 2. The summed E-state index contributed by atoms with van der Waals surface area (Å²) in [6.45, 7) is 4.05. The average Bonchev–Trinajstić information content (AvgIpc) is 2.70. The molecule has 136 valence electrons. The molecular weight excluding hydrogens is 341 g/mol. The van der Waals surface area contributed by atoms with Crippen molar-refractivity contribution in [1.82, 2.24) is 4.98 Å². The first-order valence-electron chi connectivity index (χ1n) is 8.95. The van der Waals surface area contributed by atoms with Crippen LogP contribution in [-0.4, -0.2) is 24.0 Å². The molecule has 2 aromatic carbocycles. The van der Waals surface area contributed by atoms with Crippen LogP contribution in [0.15, 0.2) is 66.9 Å². The van der Waals surface area contributed by atoms with Crippen LogP contribution in [0.25, 0.3) is 0 Å². The van der Waals surface area contributed by atoms with Gasteiger partial charge < -0.3 is 9.80 Å². The SMILES string of the molecule is Cc1ccc(CN2CCN(C(=O)c3ccc(F)cc3)c3cccnc32)cc1. The molecule has 0 saturated carbocycles. The van der Waals surface area contributed by atoms with E-state index in [-0.39, 0.29) is 11.7 Å². The molecule has 0 aliphatic carbocycles. The summed E-state index contributed by atoms with van der Waals surface area (Å²) in [6.07, 6.45) is 1.74. The van der Waals surface area contributed by atoms with Crippen molar-refractivity contribution < 1.29 is 9.18 Å². The summed E-state index contributed by atoms with van der Waals surface area (Å²) in [5.41, 5.74) is 3.69. The first-order chi connectivity index (χ1) is 13.1. The summed E-state index contributed by atoms with van der Waals surface area (Å²) in [4.78, 5) is 21.4. The zero-order valence-electron chi connectivity index (χ0n) is 15.1. The normalized spacial score (nSPS) is 13.4. The highest BCUT2D eigenvalue weighted by Crippen LogP contribution is 2.32.